The van der Waals surface area contributed by atoms with Crippen LogP contribution in [0, 0.1) is 5.82 Å². The van der Waals surface area contributed by atoms with Gasteiger partial charge in [-0.15, -0.1) is 0 Å². The fraction of sp³-hybridized carbons (Fsp3) is 0.286. The monoisotopic (exact) mass is 507 g/mol. The highest BCUT2D eigenvalue weighted by Crippen LogP contribution is 2.54. The zero-order valence-corrected chi connectivity index (χ0v) is 18.8. The molecule has 4 rings (SSSR count). The van der Waals surface area contributed by atoms with Gasteiger partial charge in [-0.25, -0.2) is 9.82 Å². The highest BCUT2D eigenvalue weighted by Gasteiger charge is 2.34. The lowest BCUT2D eigenvalue weighted by molar-refractivity contribution is -0.114. The van der Waals surface area contributed by atoms with Crippen molar-refractivity contribution in [1.82, 2.24) is 5.43 Å². The topological polar surface area (TPSA) is 100.0 Å². The second kappa shape index (κ2) is 9.43. The van der Waals surface area contributed by atoms with E-state index in [4.69, 9.17) is 23.8 Å². The predicted molar refractivity (Wildman–Crippen MR) is 116 cm³/mol. The lowest BCUT2D eigenvalue weighted by Gasteiger charge is -2.18. The third-order valence-corrected chi connectivity index (χ3v) is 5.71. The number of carbonyl (C=O) groups excluding carboxylic acids is 1. The molecule has 0 saturated carbocycles. The average Bonchev–Trinajstić information content (AvgIpc) is 3.46. The maximum absolute atomic E-state index is 13.6. The molecule has 2 heterocycles. The van der Waals surface area contributed by atoms with Crippen LogP contribution in [0.1, 0.15) is 17.5 Å². The number of oxime groups is 1. The third kappa shape index (κ3) is 4.20. The van der Waals surface area contributed by atoms with Crippen molar-refractivity contribution in [3.63, 3.8) is 0 Å². The summed E-state index contributed by atoms with van der Waals surface area (Å²) in [6.07, 6.45) is 1.40. The number of fused-ring (bicyclic) bond motifs is 1. The van der Waals surface area contributed by atoms with E-state index in [1.807, 2.05) is 0 Å². The molecule has 2 aromatic carbocycles. The number of hydrogen-bond acceptors (Lipinski definition) is 8. The molecule has 32 heavy (non-hydrogen) atoms. The van der Waals surface area contributed by atoms with E-state index in [0.717, 1.165) is 5.56 Å². The minimum Gasteiger partial charge on any atom is -0.492 e. The maximum Gasteiger partial charge on any atom is 0.289 e. The van der Waals surface area contributed by atoms with E-state index in [2.05, 4.69) is 31.6 Å². The summed E-state index contributed by atoms with van der Waals surface area (Å²) in [5.74, 6) is 0.896. The van der Waals surface area contributed by atoms with Gasteiger partial charge in [0.1, 0.15) is 17.6 Å². The van der Waals surface area contributed by atoms with Crippen molar-refractivity contribution in [2.75, 3.05) is 21.0 Å². The van der Waals surface area contributed by atoms with E-state index in [0.29, 0.717) is 33.9 Å². The number of nitrogens with zero attached hydrogens (tertiary/aromatic N) is 2. The predicted octanol–water partition coefficient (Wildman–Crippen LogP) is 3.17. The molecule has 2 aromatic rings. The highest BCUT2D eigenvalue weighted by molar-refractivity contribution is 9.10. The van der Waals surface area contributed by atoms with E-state index >= 15 is 0 Å². The number of carbonyl (C=O) groups is 1. The minimum atomic E-state index is -0.533. The summed E-state index contributed by atoms with van der Waals surface area (Å²) in [6.45, 7) is 0.0543. The number of hydrogen-bond donors (Lipinski definition) is 1. The first kappa shape index (κ1) is 21.9. The van der Waals surface area contributed by atoms with Gasteiger partial charge < -0.3 is 23.8 Å². The van der Waals surface area contributed by atoms with Crippen molar-refractivity contribution in [3.05, 3.63) is 45.7 Å². The van der Waals surface area contributed by atoms with Crippen LogP contribution in [0.4, 0.5) is 4.39 Å². The van der Waals surface area contributed by atoms with Crippen LogP contribution in [-0.2, 0) is 16.1 Å². The fourth-order valence-electron chi connectivity index (χ4n) is 3.37. The molecule has 11 heteroatoms. The van der Waals surface area contributed by atoms with Crippen LogP contribution < -0.4 is 24.4 Å². The number of ether oxygens (including phenoxy) is 4. The van der Waals surface area contributed by atoms with E-state index in [-0.39, 0.29) is 24.5 Å². The smallest absolute Gasteiger partial charge is 0.289 e. The first-order valence-electron chi connectivity index (χ1n) is 9.56. The van der Waals surface area contributed by atoms with E-state index in [1.54, 1.807) is 18.2 Å². The summed E-state index contributed by atoms with van der Waals surface area (Å²) in [5, 5.41) is 7.65. The molecule has 0 aliphatic carbocycles. The Kier molecular flexibility index (Phi) is 6.45. The Morgan fingerprint density at radius 3 is 2.72 bits per heavy atom. The van der Waals surface area contributed by atoms with Crippen LogP contribution in [0.5, 0.6) is 23.0 Å². The molecular weight excluding hydrogens is 489 g/mol. The van der Waals surface area contributed by atoms with Gasteiger partial charge in [-0.2, -0.15) is 5.10 Å². The zero-order valence-electron chi connectivity index (χ0n) is 17.2. The van der Waals surface area contributed by atoms with Gasteiger partial charge in [0.15, 0.2) is 11.5 Å². The van der Waals surface area contributed by atoms with Crippen molar-refractivity contribution in [1.29, 1.82) is 0 Å². The Hall–Kier alpha value is -3.34. The number of rotatable bonds is 7. The average molecular weight is 508 g/mol. The van der Waals surface area contributed by atoms with Gasteiger partial charge >= 0.3 is 0 Å². The quantitative estimate of drug-likeness (QED) is 0.456. The zero-order chi connectivity index (χ0) is 22.7. The van der Waals surface area contributed by atoms with Crippen LogP contribution >= 0.6 is 15.9 Å². The molecule has 2 aliphatic rings. The largest absolute Gasteiger partial charge is 0.492 e. The van der Waals surface area contributed by atoms with Gasteiger partial charge in [0.2, 0.25) is 18.3 Å². The van der Waals surface area contributed by atoms with Crippen LogP contribution in [0.25, 0.3) is 0 Å². The third-order valence-electron chi connectivity index (χ3n) is 4.87. The Balaban J connectivity index is 1.43. The van der Waals surface area contributed by atoms with E-state index < -0.39 is 17.8 Å². The molecule has 9 nitrogen and oxygen atoms in total. The van der Waals surface area contributed by atoms with Gasteiger partial charge in [-0.3, -0.25) is 4.79 Å². The molecule has 2 aliphatic heterocycles. The minimum absolute atomic E-state index is 0.0543. The molecule has 168 valence electrons. The van der Waals surface area contributed by atoms with Crippen LogP contribution in [-0.4, -0.2) is 44.9 Å². The van der Waals surface area contributed by atoms with E-state index in [9.17, 15) is 9.18 Å². The van der Waals surface area contributed by atoms with Crippen molar-refractivity contribution in [2.45, 2.75) is 18.9 Å². The van der Waals surface area contributed by atoms with E-state index in [1.165, 1.54) is 26.5 Å². The highest BCUT2D eigenvalue weighted by atomic mass is 79.9. The Morgan fingerprint density at radius 2 is 2.00 bits per heavy atom. The molecule has 1 amide bonds. The second-order valence-corrected chi connectivity index (χ2v) is 7.61. The van der Waals surface area contributed by atoms with Crippen molar-refractivity contribution < 1.29 is 33.0 Å². The molecule has 1 N–H and O–H groups in total. The Labute approximate surface area is 191 Å². The number of benzene rings is 2. The molecular formula is C21H19BrFN3O6. The summed E-state index contributed by atoms with van der Waals surface area (Å²) >= 11 is 3.54. The van der Waals surface area contributed by atoms with Gasteiger partial charge in [-0.05, 0) is 22.0 Å². The van der Waals surface area contributed by atoms with Gasteiger partial charge in [0.25, 0.3) is 5.91 Å². The second-order valence-electron chi connectivity index (χ2n) is 6.82. The summed E-state index contributed by atoms with van der Waals surface area (Å²) < 4.78 is 36.3. The number of methoxy groups -OCH3 is 2. The fourth-order valence-corrected chi connectivity index (χ4v) is 4.06. The van der Waals surface area contributed by atoms with Crippen molar-refractivity contribution in [3.8, 4) is 23.0 Å². The van der Waals surface area contributed by atoms with Crippen LogP contribution in [0.15, 0.2) is 39.0 Å². The molecule has 0 spiro atoms. The molecule has 0 bridgehead atoms. The lowest BCUT2D eigenvalue weighted by Crippen LogP contribution is -2.27. The molecule has 0 radical (unpaired) electrons. The number of halogens is 2. The van der Waals surface area contributed by atoms with Gasteiger partial charge in [-0.1, -0.05) is 23.4 Å². The standard InChI is InChI=1S/C21H19BrFN3O6/c1-28-17-13(16(22)18(29-2)20-19(17)30-10-31-20)7-12-8-15(26-32-12)21(27)25-24-9-11-5-3-4-6-14(11)23/h3-6,9,12H,7-8,10H2,1-2H3,(H,25,27)/b24-9-. The van der Waals surface area contributed by atoms with Gasteiger partial charge in [0.05, 0.1) is 24.9 Å². The first-order chi connectivity index (χ1) is 15.5. The summed E-state index contributed by atoms with van der Waals surface area (Å²) in [7, 11) is 3.05. The summed E-state index contributed by atoms with van der Waals surface area (Å²) in [4.78, 5) is 17.8. The molecule has 0 aromatic heterocycles. The van der Waals surface area contributed by atoms with Gasteiger partial charge in [0, 0.05) is 24.0 Å². The molecule has 1 atom stereocenters. The maximum atomic E-state index is 13.6. The number of hydrazone groups is 1. The normalized spacial score (nSPS) is 16.6. The summed E-state index contributed by atoms with van der Waals surface area (Å²) in [6, 6.07) is 6.09. The van der Waals surface area contributed by atoms with Crippen LogP contribution in [0.2, 0.25) is 0 Å². The van der Waals surface area contributed by atoms with Crippen molar-refractivity contribution in [2.24, 2.45) is 10.3 Å². The number of amides is 1. The lowest BCUT2D eigenvalue weighted by atomic mass is 10.0. The molecule has 0 fully saturated rings. The number of nitrogens with one attached hydrogen (secondary N) is 1. The molecule has 0 saturated heterocycles. The summed E-state index contributed by atoms with van der Waals surface area (Å²) in [5.41, 5.74) is 3.49. The van der Waals surface area contributed by atoms with Crippen LogP contribution in [0.3, 0.4) is 0 Å². The Morgan fingerprint density at radius 1 is 1.28 bits per heavy atom. The molecule has 1 unspecified atom stereocenters. The Bertz CT molecular complexity index is 1110. The SMILES string of the molecule is COc1c(Br)c(CC2CC(C(=O)N/N=C\c3ccccc3F)=NO2)c(OC)c2c1OCO2. The van der Waals surface area contributed by atoms with Crippen molar-refractivity contribution >= 4 is 33.8 Å². The first-order valence-corrected chi connectivity index (χ1v) is 10.3.